The second kappa shape index (κ2) is 7.86. The minimum atomic E-state index is -0.417. The van der Waals surface area contributed by atoms with Crippen LogP contribution in [0.4, 0.5) is 10.2 Å². The third kappa shape index (κ3) is 4.00. The predicted molar refractivity (Wildman–Crippen MR) is 111 cm³/mol. The van der Waals surface area contributed by atoms with Crippen molar-refractivity contribution in [3.8, 4) is 0 Å². The molecule has 5 fully saturated rings. The highest BCUT2D eigenvalue weighted by Gasteiger charge is 2.54. The highest BCUT2D eigenvalue weighted by atomic mass is 19.1. The Balaban J connectivity index is 1.04. The Hall–Kier alpha value is -1.69. The number of piperazine rings is 1. The Morgan fingerprint density at radius 1 is 1.07 bits per heavy atom. The molecule has 4 aliphatic carbocycles. The van der Waals surface area contributed by atoms with Gasteiger partial charge in [-0.2, -0.15) is 4.39 Å². The number of hydrogen-bond donors (Lipinski definition) is 1. The summed E-state index contributed by atoms with van der Waals surface area (Å²) < 4.78 is 13.3. The van der Waals surface area contributed by atoms with E-state index in [2.05, 4.69) is 20.1 Å². The second-order valence-electron chi connectivity index (χ2n) is 9.95. The highest BCUT2D eigenvalue weighted by molar-refractivity contribution is 5.83. The molecule has 5 aliphatic rings. The van der Waals surface area contributed by atoms with Crippen LogP contribution in [-0.4, -0.2) is 55.1 Å². The number of anilines is 1. The number of aromatic nitrogens is 1. The Bertz CT molecular complexity index is 711. The number of nitrogens with one attached hydrogen (secondary N) is 1. The maximum Gasteiger partial charge on any atom is 0.226 e. The summed E-state index contributed by atoms with van der Waals surface area (Å²) in [6.07, 6.45) is 8.55. The van der Waals surface area contributed by atoms with Crippen molar-refractivity contribution in [2.75, 3.05) is 44.2 Å². The Morgan fingerprint density at radius 2 is 1.72 bits per heavy atom. The van der Waals surface area contributed by atoms with Crippen molar-refractivity contribution >= 4 is 11.7 Å². The lowest BCUT2D eigenvalue weighted by molar-refractivity contribution is -0.146. The number of rotatable bonds is 6. The lowest BCUT2D eigenvalue weighted by Crippen LogP contribution is -2.53. The summed E-state index contributed by atoms with van der Waals surface area (Å²) in [6.45, 7) is 5.45. The Kier molecular flexibility index (Phi) is 5.23. The first-order chi connectivity index (χ1) is 14.1. The summed E-state index contributed by atoms with van der Waals surface area (Å²) in [5.41, 5.74) is -0.0294. The molecule has 6 rings (SSSR count). The van der Waals surface area contributed by atoms with Crippen molar-refractivity contribution in [2.24, 2.45) is 23.2 Å². The third-order valence-electron chi connectivity index (χ3n) is 7.85. The van der Waals surface area contributed by atoms with Crippen LogP contribution in [0.3, 0.4) is 0 Å². The van der Waals surface area contributed by atoms with E-state index in [9.17, 15) is 9.18 Å². The number of amides is 1. The second-order valence-corrected chi connectivity index (χ2v) is 9.95. The summed E-state index contributed by atoms with van der Waals surface area (Å²) in [6, 6.07) is 4.98. The zero-order chi connectivity index (χ0) is 19.8. The molecule has 5 nitrogen and oxygen atoms in total. The van der Waals surface area contributed by atoms with E-state index in [-0.39, 0.29) is 5.41 Å². The summed E-state index contributed by atoms with van der Waals surface area (Å²) in [5.74, 6) is 3.11. The number of hydrogen-bond acceptors (Lipinski definition) is 4. The molecule has 0 spiro atoms. The van der Waals surface area contributed by atoms with Crippen molar-refractivity contribution in [3.63, 3.8) is 0 Å². The SMILES string of the molecule is O=C(NCCCN1CCN(c2cccc(F)n2)CC1)C12CC3CC(CC(C3)C1)C2. The molecule has 0 aromatic carbocycles. The van der Waals surface area contributed by atoms with Gasteiger partial charge in [-0.15, -0.1) is 0 Å². The topological polar surface area (TPSA) is 48.5 Å². The molecule has 4 saturated carbocycles. The fourth-order valence-corrected chi connectivity index (χ4v) is 6.86. The van der Waals surface area contributed by atoms with Gasteiger partial charge in [-0.25, -0.2) is 4.98 Å². The van der Waals surface area contributed by atoms with Crippen LogP contribution in [-0.2, 0) is 4.79 Å². The van der Waals surface area contributed by atoms with Crippen LogP contribution >= 0.6 is 0 Å². The van der Waals surface area contributed by atoms with Crippen molar-refractivity contribution in [3.05, 3.63) is 24.1 Å². The van der Waals surface area contributed by atoms with Gasteiger partial charge in [0, 0.05) is 38.1 Å². The summed E-state index contributed by atoms with van der Waals surface area (Å²) >= 11 is 0. The van der Waals surface area contributed by atoms with Gasteiger partial charge in [0.15, 0.2) is 0 Å². The van der Waals surface area contributed by atoms with E-state index in [1.165, 1.54) is 25.3 Å². The van der Waals surface area contributed by atoms with Gasteiger partial charge in [-0.1, -0.05) is 6.07 Å². The number of halogens is 1. The lowest BCUT2D eigenvalue weighted by atomic mass is 9.49. The van der Waals surface area contributed by atoms with E-state index in [4.69, 9.17) is 0 Å². The van der Waals surface area contributed by atoms with Crippen LogP contribution in [0.2, 0.25) is 0 Å². The molecule has 158 valence electrons. The molecule has 2 heterocycles. The van der Waals surface area contributed by atoms with Gasteiger partial charge in [0.05, 0.1) is 0 Å². The number of carbonyl (C=O) groups is 1. The molecule has 1 aliphatic heterocycles. The molecule has 4 bridgehead atoms. The summed E-state index contributed by atoms with van der Waals surface area (Å²) in [7, 11) is 0. The van der Waals surface area contributed by atoms with Gasteiger partial charge in [0.1, 0.15) is 5.82 Å². The molecule has 0 unspecified atom stereocenters. The standard InChI is InChI=1S/C23H33FN4O/c24-20-3-1-4-21(26-20)28-9-7-27(8-10-28)6-2-5-25-22(29)23-14-17-11-18(15-23)13-19(12-17)16-23/h1,3-4,17-19H,2,5-16H2,(H,25,29). The highest BCUT2D eigenvalue weighted by Crippen LogP contribution is 2.60. The van der Waals surface area contributed by atoms with Crippen molar-refractivity contribution in [2.45, 2.75) is 44.9 Å². The molecule has 1 amide bonds. The van der Waals surface area contributed by atoms with E-state index >= 15 is 0 Å². The van der Waals surface area contributed by atoms with Crippen molar-refractivity contribution < 1.29 is 9.18 Å². The van der Waals surface area contributed by atoms with Crippen LogP contribution in [0.25, 0.3) is 0 Å². The van der Waals surface area contributed by atoms with Gasteiger partial charge < -0.3 is 10.2 Å². The van der Waals surface area contributed by atoms with Gasteiger partial charge in [-0.05, 0) is 81.4 Å². The summed E-state index contributed by atoms with van der Waals surface area (Å²) in [5, 5.41) is 3.29. The zero-order valence-corrected chi connectivity index (χ0v) is 17.3. The number of pyridine rings is 1. The largest absolute Gasteiger partial charge is 0.356 e. The average Bonchev–Trinajstić information content (AvgIpc) is 2.70. The van der Waals surface area contributed by atoms with Crippen LogP contribution < -0.4 is 10.2 Å². The molecular weight excluding hydrogens is 367 g/mol. The average molecular weight is 401 g/mol. The maximum absolute atomic E-state index is 13.3. The first-order valence-corrected chi connectivity index (χ1v) is 11.5. The van der Waals surface area contributed by atoms with E-state index in [1.54, 1.807) is 6.07 Å². The maximum atomic E-state index is 13.3. The Labute approximate surface area is 173 Å². The number of carbonyl (C=O) groups excluding carboxylic acids is 1. The quantitative estimate of drug-likeness (QED) is 0.589. The minimum Gasteiger partial charge on any atom is -0.356 e. The molecular formula is C23H33FN4O. The molecule has 1 aromatic heterocycles. The molecule has 6 heteroatoms. The van der Waals surface area contributed by atoms with E-state index in [1.807, 2.05) is 6.07 Å². The fourth-order valence-electron chi connectivity index (χ4n) is 6.86. The number of nitrogens with zero attached hydrogens (tertiary/aromatic N) is 3. The van der Waals surface area contributed by atoms with E-state index in [0.29, 0.717) is 5.91 Å². The van der Waals surface area contributed by atoms with Crippen LogP contribution in [0, 0.1) is 29.1 Å². The van der Waals surface area contributed by atoms with Crippen molar-refractivity contribution in [1.82, 2.24) is 15.2 Å². The summed E-state index contributed by atoms with van der Waals surface area (Å²) in [4.78, 5) is 21.6. The Morgan fingerprint density at radius 3 is 2.34 bits per heavy atom. The van der Waals surface area contributed by atoms with Gasteiger partial charge >= 0.3 is 0 Å². The van der Waals surface area contributed by atoms with Crippen LogP contribution in [0.1, 0.15) is 44.9 Å². The third-order valence-corrected chi connectivity index (χ3v) is 7.85. The zero-order valence-electron chi connectivity index (χ0n) is 17.3. The smallest absolute Gasteiger partial charge is 0.226 e. The van der Waals surface area contributed by atoms with E-state index < -0.39 is 5.95 Å². The normalized spacial score (nSPS) is 33.8. The van der Waals surface area contributed by atoms with E-state index in [0.717, 1.165) is 88.5 Å². The first-order valence-electron chi connectivity index (χ1n) is 11.5. The minimum absolute atomic E-state index is 0.0294. The van der Waals surface area contributed by atoms with Crippen molar-refractivity contribution in [1.29, 1.82) is 0 Å². The molecule has 0 atom stereocenters. The monoisotopic (exact) mass is 400 g/mol. The fraction of sp³-hybridized carbons (Fsp3) is 0.739. The van der Waals surface area contributed by atoms with Gasteiger partial charge in [0.2, 0.25) is 11.9 Å². The molecule has 1 aromatic rings. The van der Waals surface area contributed by atoms with Crippen LogP contribution in [0.5, 0.6) is 0 Å². The predicted octanol–water partition coefficient (Wildman–Crippen LogP) is 3.07. The van der Waals surface area contributed by atoms with Gasteiger partial charge in [-0.3, -0.25) is 9.69 Å². The lowest BCUT2D eigenvalue weighted by Gasteiger charge is -2.55. The van der Waals surface area contributed by atoms with Gasteiger partial charge in [0.25, 0.3) is 0 Å². The first kappa shape index (κ1) is 19.3. The van der Waals surface area contributed by atoms with Crippen LogP contribution in [0.15, 0.2) is 18.2 Å². The molecule has 1 saturated heterocycles. The molecule has 1 N–H and O–H groups in total. The molecule has 29 heavy (non-hydrogen) atoms. The molecule has 0 radical (unpaired) electrons.